The number of hydrogen-bond acceptors (Lipinski definition) is 3. The summed E-state index contributed by atoms with van der Waals surface area (Å²) in [6.45, 7) is 5.53. The molecule has 0 bridgehead atoms. The Labute approximate surface area is 121 Å². The van der Waals surface area contributed by atoms with Crippen molar-refractivity contribution in [3.05, 3.63) is 24.0 Å². The minimum atomic E-state index is -1.60. The number of nitrogen functional groups attached to an aromatic ring is 1. The number of hydrogen-bond donors (Lipinski definition) is 2. The lowest BCUT2D eigenvalue weighted by molar-refractivity contribution is -0.121. The molecule has 4 nitrogen and oxygen atoms in total. The van der Waals surface area contributed by atoms with Gasteiger partial charge in [-0.3, -0.25) is 9.00 Å². The molecule has 6 heteroatoms. The monoisotopic (exact) mass is 300 g/mol. The van der Waals surface area contributed by atoms with Crippen LogP contribution in [0.2, 0.25) is 0 Å². The van der Waals surface area contributed by atoms with Gasteiger partial charge in [0.2, 0.25) is 5.91 Å². The van der Waals surface area contributed by atoms with E-state index in [2.05, 4.69) is 5.32 Å². The highest BCUT2D eigenvalue weighted by atomic mass is 32.2. The van der Waals surface area contributed by atoms with Gasteiger partial charge < -0.3 is 11.1 Å². The van der Waals surface area contributed by atoms with Crippen LogP contribution in [0.1, 0.15) is 33.6 Å². The quantitative estimate of drug-likeness (QED) is 0.791. The molecule has 0 aromatic heterocycles. The van der Waals surface area contributed by atoms with Crippen LogP contribution in [0.25, 0.3) is 0 Å². The van der Waals surface area contributed by atoms with E-state index in [0.717, 1.165) is 18.9 Å². The fourth-order valence-corrected chi connectivity index (χ4v) is 2.84. The zero-order valence-electron chi connectivity index (χ0n) is 12.0. The zero-order valence-corrected chi connectivity index (χ0v) is 12.8. The first-order chi connectivity index (χ1) is 9.40. The third-order valence-corrected chi connectivity index (χ3v) is 4.80. The number of carbonyl (C=O) groups is 1. The maximum absolute atomic E-state index is 13.4. The third-order valence-electron chi connectivity index (χ3n) is 3.23. The number of nitrogens with two attached hydrogens (primary N) is 1. The highest BCUT2D eigenvalue weighted by molar-refractivity contribution is 7.86. The number of benzene rings is 1. The molecule has 0 saturated heterocycles. The molecule has 0 fully saturated rings. The van der Waals surface area contributed by atoms with Crippen molar-refractivity contribution in [2.45, 2.75) is 49.8 Å². The van der Waals surface area contributed by atoms with E-state index in [1.54, 1.807) is 6.92 Å². The molecular weight excluding hydrogens is 279 g/mol. The Morgan fingerprint density at radius 3 is 2.50 bits per heavy atom. The van der Waals surface area contributed by atoms with Crippen LogP contribution in [0, 0.1) is 5.82 Å². The number of amides is 1. The Kier molecular flexibility index (Phi) is 6.13. The second-order valence-electron chi connectivity index (χ2n) is 4.64. The summed E-state index contributed by atoms with van der Waals surface area (Å²) >= 11 is 0. The van der Waals surface area contributed by atoms with Crippen LogP contribution in [0.3, 0.4) is 0 Å². The first kappa shape index (κ1) is 16.6. The topological polar surface area (TPSA) is 72.2 Å². The van der Waals surface area contributed by atoms with Crippen LogP contribution >= 0.6 is 0 Å². The van der Waals surface area contributed by atoms with Crippen LogP contribution in [-0.4, -0.2) is 21.4 Å². The molecule has 1 aromatic rings. The first-order valence-corrected chi connectivity index (χ1v) is 7.87. The Balaban J connectivity index is 2.80. The number of rotatable bonds is 6. The molecule has 2 atom stereocenters. The summed E-state index contributed by atoms with van der Waals surface area (Å²) in [5.74, 6) is -0.905. The van der Waals surface area contributed by atoms with E-state index in [9.17, 15) is 13.4 Å². The largest absolute Gasteiger partial charge is 0.396 e. The van der Waals surface area contributed by atoms with Crippen LogP contribution in [0.4, 0.5) is 10.1 Å². The smallest absolute Gasteiger partial charge is 0.236 e. The van der Waals surface area contributed by atoms with Gasteiger partial charge in [0.25, 0.3) is 0 Å². The van der Waals surface area contributed by atoms with Crippen LogP contribution in [0.15, 0.2) is 23.1 Å². The van der Waals surface area contributed by atoms with Gasteiger partial charge in [0, 0.05) is 10.9 Å². The van der Waals surface area contributed by atoms with E-state index in [4.69, 9.17) is 5.73 Å². The maximum Gasteiger partial charge on any atom is 0.236 e. The van der Waals surface area contributed by atoms with Crippen molar-refractivity contribution in [1.29, 1.82) is 0 Å². The Hall–Kier alpha value is -1.43. The van der Waals surface area contributed by atoms with Crippen molar-refractivity contribution in [1.82, 2.24) is 5.32 Å². The molecule has 1 rings (SSSR count). The number of halogens is 1. The maximum atomic E-state index is 13.4. The van der Waals surface area contributed by atoms with Gasteiger partial charge in [-0.1, -0.05) is 13.8 Å². The van der Waals surface area contributed by atoms with Gasteiger partial charge in [-0.25, -0.2) is 4.39 Å². The lowest BCUT2D eigenvalue weighted by Gasteiger charge is -2.18. The molecule has 1 amide bonds. The van der Waals surface area contributed by atoms with Gasteiger partial charge in [0.05, 0.1) is 16.5 Å². The van der Waals surface area contributed by atoms with Crippen molar-refractivity contribution in [2.75, 3.05) is 5.73 Å². The molecule has 1 aromatic carbocycles. The van der Waals surface area contributed by atoms with E-state index < -0.39 is 21.9 Å². The number of nitrogens with one attached hydrogen (secondary N) is 1. The molecule has 0 radical (unpaired) electrons. The van der Waals surface area contributed by atoms with Gasteiger partial charge in [-0.2, -0.15) is 0 Å². The summed E-state index contributed by atoms with van der Waals surface area (Å²) in [6.07, 6.45) is 1.64. The van der Waals surface area contributed by atoms with Gasteiger partial charge in [-0.05, 0) is 38.0 Å². The standard InChI is InChI=1S/C14H21FN2O2S/c1-4-10(5-2)17-14(18)9(3)20(19)11-6-7-13(16)12(15)8-11/h6-10H,4-5,16H2,1-3H3,(H,17,18). The molecule has 0 aliphatic rings. The normalized spacial score (nSPS) is 14.1. The summed E-state index contributed by atoms with van der Waals surface area (Å²) < 4.78 is 25.6. The lowest BCUT2D eigenvalue weighted by Crippen LogP contribution is -2.41. The minimum absolute atomic E-state index is 0.000107. The fourth-order valence-electron chi connectivity index (χ4n) is 1.75. The molecule has 0 saturated carbocycles. The third kappa shape index (κ3) is 4.03. The summed E-state index contributed by atoms with van der Waals surface area (Å²) in [4.78, 5) is 12.3. The van der Waals surface area contributed by atoms with Gasteiger partial charge in [-0.15, -0.1) is 0 Å². The van der Waals surface area contributed by atoms with Gasteiger partial charge in [0.15, 0.2) is 0 Å². The summed E-state index contributed by atoms with van der Waals surface area (Å²) in [5, 5.41) is 2.10. The van der Waals surface area contributed by atoms with Crippen LogP contribution in [0.5, 0.6) is 0 Å². The highest BCUT2D eigenvalue weighted by Crippen LogP contribution is 2.17. The molecule has 2 unspecified atom stereocenters. The molecule has 3 N–H and O–H groups in total. The lowest BCUT2D eigenvalue weighted by atomic mass is 10.2. The van der Waals surface area contributed by atoms with Crippen LogP contribution in [-0.2, 0) is 15.6 Å². The van der Waals surface area contributed by atoms with Crippen molar-refractivity contribution in [3.63, 3.8) is 0 Å². The first-order valence-electron chi connectivity index (χ1n) is 6.66. The average molecular weight is 300 g/mol. The Morgan fingerprint density at radius 2 is 2.00 bits per heavy atom. The molecule has 0 heterocycles. The van der Waals surface area contributed by atoms with Crippen molar-refractivity contribution in [3.8, 4) is 0 Å². The zero-order chi connectivity index (χ0) is 15.3. The minimum Gasteiger partial charge on any atom is -0.396 e. The number of anilines is 1. The van der Waals surface area contributed by atoms with E-state index in [0.29, 0.717) is 0 Å². The van der Waals surface area contributed by atoms with E-state index >= 15 is 0 Å². The summed E-state index contributed by atoms with van der Waals surface area (Å²) in [5.41, 5.74) is 5.37. The van der Waals surface area contributed by atoms with E-state index in [-0.39, 0.29) is 22.5 Å². The highest BCUT2D eigenvalue weighted by Gasteiger charge is 2.23. The fraction of sp³-hybridized carbons (Fsp3) is 0.500. The molecule has 0 aliphatic carbocycles. The molecular formula is C14H21FN2O2S. The summed E-state index contributed by atoms with van der Waals surface area (Å²) in [7, 11) is -1.60. The SMILES string of the molecule is CCC(CC)NC(=O)C(C)S(=O)c1ccc(N)c(F)c1. The second kappa shape index (κ2) is 7.38. The molecule has 20 heavy (non-hydrogen) atoms. The number of carbonyl (C=O) groups excluding carboxylic acids is 1. The van der Waals surface area contributed by atoms with Gasteiger partial charge in [0.1, 0.15) is 11.1 Å². The van der Waals surface area contributed by atoms with Crippen molar-refractivity contribution in [2.24, 2.45) is 0 Å². The second-order valence-corrected chi connectivity index (χ2v) is 6.42. The van der Waals surface area contributed by atoms with E-state index in [1.807, 2.05) is 13.8 Å². The van der Waals surface area contributed by atoms with Crippen molar-refractivity contribution >= 4 is 22.4 Å². The molecule has 112 valence electrons. The molecule has 0 spiro atoms. The predicted molar refractivity (Wildman–Crippen MR) is 79.2 cm³/mol. The summed E-state index contributed by atoms with van der Waals surface area (Å²) in [6, 6.07) is 4.03. The Bertz CT molecular complexity index is 504. The predicted octanol–water partition coefficient (Wildman–Crippen LogP) is 2.21. The molecule has 0 aliphatic heterocycles. The average Bonchev–Trinajstić information content (AvgIpc) is 2.45. The Morgan fingerprint density at radius 1 is 1.40 bits per heavy atom. The van der Waals surface area contributed by atoms with Gasteiger partial charge >= 0.3 is 0 Å². The van der Waals surface area contributed by atoms with E-state index in [1.165, 1.54) is 12.1 Å². The van der Waals surface area contributed by atoms with Crippen molar-refractivity contribution < 1.29 is 13.4 Å². The van der Waals surface area contributed by atoms with Crippen LogP contribution < -0.4 is 11.1 Å².